The van der Waals surface area contributed by atoms with E-state index in [1.54, 1.807) is 0 Å². The number of hydrogen-bond acceptors (Lipinski definition) is 5. The van der Waals surface area contributed by atoms with E-state index in [0.717, 1.165) is 46.5 Å². The van der Waals surface area contributed by atoms with Crippen molar-refractivity contribution in [3.8, 4) is 11.5 Å². The lowest BCUT2D eigenvalue weighted by Crippen LogP contribution is -2.19. The van der Waals surface area contributed by atoms with Gasteiger partial charge >= 0.3 is 0 Å². The smallest absolute Gasteiger partial charge is 0.139 e. The molecule has 0 atom stereocenters. The third-order valence-corrected chi connectivity index (χ3v) is 4.03. The maximum atomic E-state index is 5.96. The Labute approximate surface area is 148 Å². The van der Waals surface area contributed by atoms with Crippen LogP contribution in [0.5, 0.6) is 11.5 Å². The fourth-order valence-corrected chi connectivity index (χ4v) is 2.61. The highest BCUT2D eigenvalue weighted by atomic mass is 16.5. The summed E-state index contributed by atoms with van der Waals surface area (Å²) in [6.07, 6.45) is 0. The maximum absolute atomic E-state index is 5.96. The first-order valence-electron chi connectivity index (χ1n) is 8.54. The lowest BCUT2D eigenvalue weighted by atomic mass is 10.1. The minimum atomic E-state index is 0.655. The molecule has 0 spiro atoms. The van der Waals surface area contributed by atoms with E-state index in [4.69, 9.17) is 13.9 Å². The van der Waals surface area contributed by atoms with Crippen LogP contribution in [0.3, 0.4) is 0 Å². The molecule has 2 aromatic carbocycles. The number of likely N-dealkylation sites (N-methyl/N-ethyl adjacent to an activating group) is 2. The molecule has 0 radical (unpaired) electrons. The Kier molecular flexibility index (Phi) is 5.46. The van der Waals surface area contributed by atoms with Crippen molar-refractivity contribution in [2.75, 3.05) is 54.5 Å². The van der Waals surface area contributed by atoms with Gasteiger partial charge in [-0.15, -0.1) is 0 Å². The Hall–Kier alpha value is -2.24. The van der Waals surface area contributed by atoms with Crippen molar-refractivity contribution in [2.24, 2.45) is 0 Å². The molecular formula is C20H26N2O3. The van der Waals surface area contributed by atoms with Crippen molar-refractivity contribution in [1.82, 2.24) is 9.80 Å². The van der Waals surface area contributed by atoms with Gasteiger partial charge in [0.15, 0.2) is 0 Å². The maximum Gasteiger partial charge on any atom is 0.139 e. The molecule has 5 nitrogen and oxygen atoms in total. The van der Waals surface area contributed by atoms with Crippen molar-refractivity contribution < 1.29 is 13.9 Å². The topological polar surface area (TPSA) is 38.1 Å². The number of furan rings is 1. The molecule has 0 unspecified atom stereocenters. The summed E-state index contributed by atoms with van der Waals surface area (Å²) in [6.45, 7) is 3.09. The van der Waals surface area contributed by atoms with Gasteiger partial charge in [-0.3, -0.25) is 0 Å². The monoisotopic (exact) mass is 342 g/mol. The zero-order valence-corrected chi connectivity index (χ0v) is 15.4. The third kappa shape index (κ3) is 4.44. The molecule has 0 aliphatic carbocycles. The number of nitrogens with zero attached hydrogens (tertiary/aromatic N) is 2. The lowest BCUT2D eigenvalue weighted by Gasteiger charge is -2.11. The van der Waals surface area contributed by atoms with E-state index >= 15 is 0 Å². The summed E-state index contributed by atoms with van der Waals surface area (Å²) >= 11 is 0. The zero-order chi connectivity index (χ0) is 17.8. The van der Waals surface area contributed by atoms with Crippen molar-refractivity contribution in [3.63, 3.8) is 0 Å². The van der Waals surface area contributed by atoms with Gasteiger partial charge in [-0.25, -0.2) is 0 Å². The summed E-state index contributed by atoms with van der Waals surface area (Å²) in [5.74, 6) is 1.69. The van der Waals surface area contributed by atoms with E-state index in [1.165, 1.54) is 0 Å². The highest BCUT2D eigenvalue weighted by Crippen LogP contribution is 2.33. The highest BCUT2D eigenvalue weighted by Gasteiger charge is 2.09. The second-order valence-electron chi connectivity index (χ2n) is 6.72. The first kappa shape index (κ1) is 17.6. The quantitative estimate of drug-likeness (QED) is 0.627. The standard InChI is InChI=1S/C20H26N2O3/c1-21(2)9-11-23-15-6-8-19-18(13-15)17-7-5-16(14-20(17)25-19)24-12-10-22(3)4/h5-8,13-14H,9-12H2,1-4H3. The van der Waals surface area contributed by atoms with Gasteiger partial charge in [0.1, 0.15) is 35.9 Å². The third-order valence-electron chi connectivity index (χ3n) is 4.03. The van der Waals surface area contributed by atoms with E-state index in [0.29, 0.717) is 13.2 Å². The van der Waals surface area contributed by atoms with Crippen LogP contribution in [0, 0.1) is 0 Å². The first-order chi connectivity index (χ1) is 12.0. The Morgan fingerprint density at radius 1 is 0.720 bits per heavy atom. The molecule has 0 bridgehead atoms. The van der Waals surface area contributed by atoms with Gasteiger partial charge in [-0.05, 0) is 58.5 Å². The molecule has 3 aromatic rings. The summed E-state index contributed by atoms with van der Waals surface area (Å²) < 4.78 is 17.6. The van der Waals surface area contributed by atoms with E-state index in [-0.39, 0.29) is 0 Å². The zero-order valence-electron chi connectivity index (χ0n) is 15.4. The van der Waals surface area contributed by atoms with Crippen molar-refractivity contribution in [2.45, 2.75) is 0 Å². The molecule has 25 heavy (non-hydrogen) atoms. The first-order valence-corrected chi connectivity index (χ1v) is 8.54. The fraction of sp³-hybridized carbons (Fsp3) is 0.400. The van der Waals surface area contributed by atoms with Crippen LogP contribution in [0.1, 0.15) is 0 Å². The second kappa shape index (κ2) is 7.76. The molecule has 0 saturated heterocycles. The van der Waals surface area contributed by atoms with Gasteiger partial charge < -0.3 is 23.7 Å². The summed E-state index contributed by atoms with van der Waals surface area (Å²) in [5.41, 5.74) is 1.70. The van der Waals surface area contributed by atoms with Crippen LogP contribution in [0.4, 0.5) is 0 Å². The summed E-state index contributed by atoms with van der Waals surface area (Å²) in [5, 5.41) is 2.14. The van der Waals surface area contributed by atoms with Crippen LogP contribution in [0.2, 0.25) is 0 Å². The van der Waals surface area contributed by atoms with E-state index in [2.05, 4.69) is 15.9 Å². The Balaban J connectivity index is 1.79. The molecule has 0 aliphatic rings. The second-order valence-corrected chi connectivity index (χ2v) is 6.72. The average molecular weight is 342 g/mol. The number of benzene rings is 2. The molecule has 5 heteroatoms. The van der Waals surface area contributed by atoms with Crippen LogP contribution in [0.15, 0.2) is 40.8 Å². The molecule has 0 aliphatic heterocycles. The predicted molar refractivity (Wildman–Crippen MR) is 102 cm³/mol. The molecule has 134 valence electrons. The average Bonchev–Trinajstić information content (AvgIpc) is 2.91. The van der Waals surface area contributed by atoms with Gasteiger partial charge in [-0.2, -0.15) is 0 Å². The lowest BCUT2D eigenvalue weighted by molar-refractivity contribution is 0.261. The minimum absolute atomic E-state index is 0.655. The van der Waals surface area contributed by atoms with Gasteiger partial charge in [0.2, 0.25) is 0 Å². The van der Waals surface area contributed by atoms with Gasteiger partial charge in [0.05, 0.1) is 0 Å². The van der Waals surface area contributed by atoms with Gasteiger partial charge in [0.25, 0.3) is 0 Å². The molecular weight excluding hydrogens is 316 g/mol. The fourth-order valence-electron chi connectivity index (χ4n) is 2.61. The SMILES string of the molecule is CN(C)CCOc1ccc2c(c1)oc1ccc(OCCN(C)C)cc12. The van der Waals surface area contributed by atoms with Crippen molar-refractivity contribution >= 4 is 21.9 Å². The number of hydrogen-bond donors (Lipinski definition) is 0. The molecule has 1 heterocycles. The Morgan fingerprint density at radius 2 is 1.32 bits per heavy atom. The minimum Gasteiger partial charge on any atom is -0.492 e. The van der Waals surface area contributed by atoms with Crippen molar-refractivity contribution in [1.29, 1.82) is 0 Å². The molecule has 0 amide bonds. The van der Waals surface area contributed by atoms with Crippen LogP contribution >= 0.6 is 0 Å². The number of fused-ring (bicyclic) bond motifs is 3. The molecule has 0 saturated carbocycles. The molecule has 0 fully saturated rings. The van der Waals surface area contributed by atoms with E-state index in [1.807, 2.05) is 58.5 Å². The summed E-state index contributed by atoms with van der Waals surface area (Å²) in [7, 11) is 8.14. The van der Waals surface area contributed by atoms with Crippen molar-refractivity contribution in [3.05, 3.63) is 36.4 Å². The van der Waals surface area contributed by atoms with Crippen LogP contribution in [-0.4, -0.2) is 64.3 Å². The molecule has 0 N–H and O–H groups in total. The molecule has 1 aromatic heterocycles. The number of rotatable bonds is 8. The van der Waals surface area contributed by atoms with E-state index < -0.39 is 0 Å². The van der Waals surface area contributed by atoms with Crippen LogP contribution in [0.25, 0.3) is 21.9 Å². The molecule has 3 rings (SSSR count). The summed E-state index contributed by atoms with van der Waals surface area (Å²) in [6, 6.07) is 12.0. The predicted octanol–water partition coefficient (Wildman–Crippen LogP) is 3.47. The number of ether oxygens (including phenoxy) is 2. The van der Waals surface area contributed by atoms with Crippen LogP contribution in [-0.2, 0) is 0 Å². The largest absolute Gasteiger partial charge is 0.492 e. The van der Waals surface area contributed by atoms with Gasteiger partial charge in [0, 0.05) is 29.9 Å². The van der Waals surface area contributed by atoms with Gasteiger partial charge in [-0.1, -0.05) is 0 Å². The Morgan fingerprint density at radius 3 is 1.96 bits per heavy atom. The highest BCUT2D eigenvalue weighted by molar-refractivity contribution is 6.05. The van der Waals surface area contributed by atoms with E-state index in [9.17, 15) is 0 Å². The summed E-state index contributed by atoms with van der Waals surface area (Å²) in [4.78, 5) is 4.20. The van der Waals surface area contributed by atoms with Crippen LogP contribution < -0.4 is 9.47 Å². The normalized spacial score (nSPS) is 11.8. The Bertz CT molecular complexity index is 839.